The zero-order valence-electron chi connectivity index (χ0n) is 9.31. The summed E-state index contributed by atoms with van der Waals surface area (Å²) in [6.07, 6.45) is 0.754. The molecule has 18 heavy (non-hydrogen) atoms. The zero-order valence-corrected chi connectivity index (χ0v) is 10.1. The largest absolute Gasteiger partial charge is 0.387 e. The molecule has 0 aliphatic heterocycles. The highest BCUT2D eigenvalue weighted by Crippen LogP contribution is 2.22. The fourth-order valence-electron chi connectivity index (χ4n) is 1.46. The number of aliphatic hydroxyl groups is 1. The summed E-state index contributed by atoms with van der Waals surface area (Å²) in [6, 6.07) is 4.68. The third-order valence-corrected chi connectivity index (χ3v) is 3.08. The van der Waals surface area contributed by atoms with E-state index in [4.69, 9.17) is 0 Å². The van der Waals surface area contributed by atoms with E-state index in [2.05, 4.69) is 10.3 Å². The third-order valence-electron chi connectivity index (χ3n) is 2.37. The van der Waals surface area contributed by atoms with Crippen LogP contribution in [0.3, 0.4) is 0 Å². The van der Waals surface area contributed by atoms with Crippen LogP contribution in [0.15, 0.2) is 35.2 Å². The van der Waals surface area contributed by atoms with Crippen LogP contribution < -0.4 is 5.32 Å². The van der Waals surface area contributed by atoms with Crippen molar-refractivity contribution in [2.75, 3.05) is 11.9 Å². The topological polar surface area (TPSA) is 88.3 Å². The molecule has 0 fully saturated rings. The SMILES string of the molecule is O=[N+]([O-])c1cccnc1NCC(O)c1ccsc1. The summed E-state index contributed by atoms with van der Waals surface area (Å²) in [7, 11) is 0. The Kier molecular flexibility index (Phi) is 3.85. The molecule has 1 unspecified atom stereocenters. The molecule has 0 saturated carbocycles. The van der Waals surface area contributed by atoms with Crippen molar-refractivity contribution in [3.63, 3.8) is 0 Å². The highest BCUT2D eigenvalue weighted by Gasteiger charge is 2.15. The van der Waals surface area contributed by atoms with Crippen molar-refractivity contribution in [1.29, 1.82) is 0 Å². The second-order valence-electron chi connectivity index (χ2n) is 3.58. The van der Waals surface area contributed by atoms with Crippen LogP contribution in [0.5, 0.6) is 0 Å². The van der Waals surface area contributed by atoms with Gasteiger partial charge < -0.3 is 10.4 Å². The summed E-state index contributed by atoms with van der Waals surface area (Å²) in [5.74, 6) is 0.164. The molecule has 0 saturated heterocycles. The zero-order chi connectivity index (χ0) is 13.0. The van der Waals surface area contributed by atoms with Crippen molar-refractivity contribution in [3.8, 4) is 0 Å². The first-order valence-electron chi connectivity index (χ1n) is 5.22. The minimum atomic E-state index is -0.710. The van der Waals surface area contributed by atoms with Crippen molar-refractivity contribution < 1.29 is 10.0 Å². The summed E-state index contributed by atoms with van der Waals surface area (Å²) in [5, 5.41) is 27.1. The van der Waals surface area contributed by atoms with Gasteiger partial charge in [0.25, 0.3) is 0 Å². The Bertz CT molecular complexity index is 530. The Morgan fingerprint density at radius 1 is 1.56 bits per heavy atom. The van der Waals surface area contributed by atoms with E-state index in [1.54, 1.807) is 0 Å². The Morgan fingerprint density at radius 2 is 2.39 bits per heavy atom. The fraction of sp³-hybridized carbons (Fsp3) is 0.182. The molecule has 94 valence electrons. The molecule has 0 amide bonds. The summed E-state index contributed by atoms with van der Waals surface area (Å²) < 4.78 is 0. The molecule has 2 aromatic heterocycles. The quantitative estimate of drug-likeness (QED) is 0.639. The Morgan fingerprint density at radius 3 is 3.06 bits per heavy atom. The number of aliphatic hydroxyl groups excluding tert-OH is 1. The van der Waals surface area contributed by atoms with Gasteiger partial charge >= 0.3 is 5.69 Å². The van der Waals surface area contributed by atoms with Gasteiger partial charge in [0.05, 0.1) is 11.0 Å². The molecule has 2 N–H and O–H groups in total. The van der Waals surface area contributed by atoms with Crippen LogP contribution in [0.1, 0.15) is 11.7 Å². The standard InChI is InChI=1S/C11H11N3O3S/c15-10(8-3-5-18-7-8)6-13-11-9(14(16)17)2-1-4-12-11/h1-5,7,10,15H,6H2,(H,12,13). The number of thiophene rings is 1. The van der Waals surface area contributed by atoms with E-state index in [1.807, 2.05) is 16.8 Å². The van der Waals surface area contributed by atoms with Crippen LogP contribution in [0.4, 0.5) is 11.5 Å². The van der Waals surface area contributed by atoms with Crippen molar-refractivity contribution in [1.82, 2.24) is 4.98 Å². The number of nitrogens with one attached hydrogen (secondary N) is 1. The predicted molar refractivity (Wildman–Crippen MR) is 68.7 cm³/mol. The Balaban J connectivity index is 2.04. The van der Waals surface area contributed by atoms with Gasteiger partial charge in [0.1, 0.15) is 0 Å². The number of aromatic nitrogens is 1. The second-order valence-corrected chi connectivity index (χ2v) is 4.36. The smallest absolute Gasteiger partial charge is 0.311 e. The first-order chi connectivity index (χ1) is 8.68. The van der Waals surface area contributed by atoms with Gasteiger partial charge in [-0.2, -0.15) is 11.3 Å². The number of hydrogen-bond donors (Lipinski definition) is 2. The second kappa shape index (κ2) is 5.56. The number of hydrogen-bond acceptors (Lipinski definition) is 6. The van der Waals surface area contributed by atoms with E-state index < -0.39 is 11.0 Å². The van der Waals surface area contributed by atoms with Crippen LogP contribution in [-0.4, -0.2) is 21.6 Å². The lowest BCUT2D eigenvalue weighted by Gasteiger charge is -2.10. The van der Waals surface area contributed by atoms with E-state index in [0.717, 1.165) is 5.56 Å². The van der Waals surface area contributed by atoms with Gasteiger partial charge in [-0.15, -0.1) is 0 Å². The third kappa shape index (κ3) is 2.82. The number of anilines is 1. The van der Waals surface area contributed by atoms with Gasteiger partial charge in [0, 0.05) is 18.8 Å². The summed E-state index contributed by atoms with van der Waals surface area (Å²) >= 11 is 1.49. The molecule has 2 rings (SSSR count). The molecule has 0 radical (unpaired) electrons. The summed E-state index contributed by atoms with van der Waals surface area (Å²) in [6.45, 7) is 0.175. The fourth-order valence-corrected chi connectivity index (χ4v) is 2.16. The highest BCUT2D eigenvalue weighted by molar-refractivity contribution is 7.07. The molecular formula is C11H11N3O3S. The summed E-state index contributed by atoms with van der Waals surface area (Å²) in [4.78, 5) is 14.1. The molecular weight excluding hydrogens is 254 g/mol. The average molecular weight is 265 g/mol. The predicted octanol–water partition coefficient (Wildman–Crippen LogP) is 2.20. The van der Waals surface area contributed by atoms with Gasteiger partial charge in [0.15, 0.2) is 0 Å². The first kappa shape index (κ1) is 12.5. The lowest BCUT2D eigenvalue weighted by atomic mass is 10.2. The van der Waals surface area contributed by atoms with E-state index in [1.165, 1.54) is 29.7 Å². The van der Waals surface area contributed by atoms with E-state index in [9.17, 15) is 15.2 Å². The van der Waals surface area contributed by atoms with Gasteiger partial charge in [-0.05, 0) is 28.5 Å². The molecule has 6 nitrogen and oxygen atoms in total. The highest BCUT2D eigenvalue weighted by atomic mass is 32.1. The maximum absolute atomic E-state index is 10.8. The monoisotopic (exact) mass is 265 g/mol. The summed E-state index contributed by atoms with van der Waals surface area (Å²) in [5.41, 5.74) is 0.682. The average Bonchev–Trinajstić information content (AvgIpc) is 2.90. The minimum Gasteiger partial charge on any atom is -0.387 e. The number of nitro groups is 1. The van der Waals surface area contributed by atoms with Gasteiger partial charge in [-0.3, -0.25) is 10.1 Å². The van der Waals surface area contributed by atoms with Crippen molar-refractivity contribution in [3.05, 3.63) is 50.8 Å². The van der Waals surface area contributed by atoms with Crippen LogP contribution >= 0.6 is 11.3 Å². The molecule has 0 aliphatic rings. The maximum Gasteiger partial charge on any atom is 0.311 e. The van der Waals surface area contributed by atoms with Gasteiger partial charge in [-0.1, -0.05) is 0 Å². The Labute approximate surface area is 107 Å². The lowest BCUT2D eigenvalue weighted by molar-refractivity contribution is -0.384. The van der Waals surface area contributed by atoms with E-state index in [-0.39, 0.29) is 18.1 Å². The lowest BCUT2D eigenvalue weighted by Crippen LogP contribution is -2.13. The van der Waals surface area contributed by atoms with Gasteiger partial charge in [-0.25, -0.2) is 4.98 Å². The first-order valence-corrected chi connectivity index (χ1v) is 6.16. The van der Waals surface area contributed by atoms with E-state index >= 15 is 0 Å². The molecule has 0 aromatic carbocycles. The van der Waals surface area contributed by atoms with Crippen LogP contribution in [0.2, 0.25) is 0 Å². The van der Waals surface area contributed by atoms with Gasteiger partial charge in [0.2, 0.25) is 5.82 Å². The van der Waals surface area contributed by atoms with Crippen LogP contribution in [0.25, 0.3) is 0 Å². The Hall–Kier alpha value is -1.99. The molecule has 2 heterocycles. The molecule has 7 heteroatoms. The van der Waals surface area contributed by atoms with Crippen molar-refractivity contribution in [2.45, 2.75) is 6.10 Å². The number of rotatable bonds is 5. The molecule has 1 atom stereocenters. The molecule has 2 aromatic rings. The minimum absolute atomic E-state index is 0.102. The molecule has 0 aliphatic carbocycles. The van der Waals surface area contributed by atoms with Crippen LogP contribution in [-0.2, 0) is 0 Å². The normalized spacial score (nSPS) is 12.1. The number of nitrogens with zero attached hydrogens (tertiary/aromatic N) is 2. The molecule has 0 bridgehead atoms. The van der Waals surface area contributed by atoms with Crippen molar-refractivity contribution >= 4 is 22.8 Å². The molecule has 0 spiro atoms. The maximum atomic E-state index is 10.8. The van der Waals surface area contributed by atoms with Crippen LogP contribution in [0, 0.1) is 10.1 Å². The number of pyridine rings is 1. The van der Waals surface area contributed by atoms with Crippen molar-refractivity contribution in [2.24, 2.45) is 0 Å². The van der Waals surface area contributed by atoms with E-state index in [0.29, 0.717) is 0 Å².